The van der Waals surface area contributed by atoms with Crippen LogP contribution in [-0.2, 0) is 4.79 Å². The second-order valence-corrected chi connectivity index (χ2v) is 6.46. The molecule has 0 heterocycles. The van der Waals surface area contributed by atoms with Gasteiger partial charge in [-0.2, -0.15) is 0 Å². The van der Waals surface area contributed by atoms with Crippen LogP contribution in [0, 0.1) is 24.6 Å². The molecule has 0 saturated heterocycles. The smallest absolute Gasteiger partial charge is 0.223 e. The van der Waals surface area contributed by atoms with Gasteiger partial charge in [0.25, 0.3) is 0 Å². The zero-order valence-electron chi connectivity index (χ0n) is 12.2. The molecule has 2 nitrogen and oxygen atoms in total. The molecule has 2 aliphatic carbocycles. The highest BCUT2D eigenvalue weighted by Crippen LogP contribution is 2.42. The summed E-state index contributed by atoms with van der Waals surface area (Å²) in [4.78, 5) is 12.3. The van der Waals surface area contributed by atoms with Gasteiger partial charge in [-0.05, 0) is 56.6 Å². The predicted molar refractivity (Wildman–Crippen MR) is 77.0 cm³/mol. The number of alkyl halides is 1. The molecular formula is C17H21F2NO. The Bertz CT molecular complexity index is 542. The molecule has 0 spiro atoms. The van der Waals surface area contributed by atoms with E-state index < -0.39 is 6.17 Å². The third kappa shape index (κ3) is 3.25. The van der Waals surface area contributed by atoms with E-state index in [0.717, 1.165) is 18.4 Å². The summed E-state index contributed by atoms with van der Waals surface area (Å²) in [6.45, 7) is 1.84. The third-order valence-corrected chi connectivity index (χ3v) is 4.62. The van der Waals surface area contributed by atoms with Gasteiger partial charge in [0, 0.05) is 11.5 Å². The minimum atomic E-state index is -0.865. The van der Waals surface area contributed by atoms with E-state index in [0.29, 0.717) is 30.7 Å². The molecule has 3 rings (SSSR count). The van der Waals surface area contributed by atoms with Crippen molar-refractivity contribution in [2.75, 3.05) is 0 Å². The van der Waals surface area contributed by atoms with Crippen molar-refractivity contribution in [3.63, 3.8) is 0 Å². The van der Waals surface area contributed by atoms with Crippen molar-refractivity contribution < 1.29 is 13.6 Å². The number of nitrogens with one attached hydrogen (secondary N) is 1. The summed E-state index contributed by atoms with van der Waals surface area (Å²) in [5, 5.41) is 2.97. The summed E-state index contributed by atoms with van der Waals surface area (Å²) < 4.78 is 27.4. The number of hydrogen-bond acceptors (Lipinski definition) is 1. The zero-order chi connectivity index (χ0) is 15.0. The Morgan fingerprint density at radius 3 is 2.62 bits per heavy atom. The molecule has 0 aromatic heterocycles. The van der Waals surface area contributed by atoms with Crippen molar-refractivity contribution in [2.24, 2.45) is 11.8 Å². The molecule has 21 heavy (non-hydrogen) atoms. The van der Waals surface area contributed by atoms with Crippen molar-refractivity contribution in [2.45, 2.75) is 51.2 Å². The molecule has 0 radical (unpaired) electrons. The first-order valence-electron chi connectivity index (χ1n) is 7.75. The highest BCUT2D eigenvalue weighted by Gasteiger charge is 2.37. The normalized spacial score (nSPS) is 26.6. The predicted octanol–water partition coefficient (Wildman–Crippen LogP) is 3.84. The second kappa shape index (κ2) is 5.74. The van der Waals surface area contributed by atoms with Crippen LogP contribution in [0.2, 0.25) is 0 Å². The first-order chi connectivity index (χ1) is 10.0. The fraction of sp³-hybridized carbons (Fsp3) is 0.588. The van der Waals surface area contributed by atoms with Crippen molar-refractivity contribution in [3.05, 3.63) is 35.1 Å². The Hall–Kier alpha value is -1.45. The average Bonchev–Trinajstić information content (AvgIpc) is 3.18. The molecule has 1 amide bonds. The molecule has 1 aromatic carbocycles. The van der Waals surface area contributed by atoms with Crippen LogP contribution in [0.3, 0.4) is 0 Å². The summed E-state index contributed by atoms with van der Waals surface area (Å²) in [6, 6.07) is 4.87. The number of aryl methyl sites for hydroxylation is 1. The number of amides is 1. The van der Waals surface area contributed by atoms with Crippen LogP contribution >= 0.6 is 0 Å². The first kappa shape index (κ1) is 14.5. The van der Waals surface area contributed by atoms with Gasteiger partial charge in [-0.25, -0.2) is 8.78 Å². The van der Waals surface area contributed by atoms with Crippen LogP contribution in [0.15, 0.2) is 18.2 Å². The molecule has 0 aliphatic heterocycles. The lowest BCUT2D eigenvalue weighted by molar-refractivity contribution is -0.125. The standard InChI is InChI=1S/C17H21F2NO/c1-10-2-7-14(15(19)8-10)16(11-3-4-11)20-17(21)12-5-6-13(18)9-12/h2,7-8,11-13,16H,3-6,9H2,1H3,(H,20,21)/t12?,13-,16-/m1/s1. The minimum Gasteiger partial charge on any atom is -0.349 e. The molecule has 4 heteroatoms. The summed E-state index contributed by atoms with van der Waals surface area (Å²) in [5.74, 6) is -0.322. The SMILES string of the molecule is Cc1ccc([C@H](NC(=O)C2CC[C@@H](F)C2)C2CC2)c(F)c1. The van der Waals surface area contributed by atoms with E-state index in [1.54, 1.807) is 6.07 Å². The van der Waals surface area contributed by atoms with Gasteiger partial charge < -0.3 is 5.32 Å². The monoisotopic (exact) mass is 293 g/mol. The molecule has 2 fully saturated rings. The minimum absolute atomic E-state index is 0.118. The Morgan fingerprint density at radius 1 is 1.29 bits per heavy atom. The average molecular weight is 293 g/mol. The third-order valence-electron chi connectivity index (χ3n) is 4.62. The molecule has 1 unspecified atom stereocenters. The lowest BCUT2D eigenvalue weighted by atomic mass is 9.98. The number of benzene rings is 1. The molecule has 0 bridgehead atoms. The van der Waals surface area contributed by atoms with Gasteiger partial charge in [-0.3, -0.25) is 4.79 Å². The maximum atomic E-state index is 14.2. The Balaban J connectivity index is 1.74. The van der Waals surface area contributed by atoms with Crippen molar-refractivity contribution in [1.29, 1.82) is 0 Å². The maximum absolute atomic E-state index is 14.2. The van der Waals surface area contributed by atoms with Crippen molar-refractivity contribution >= 4 is 5.91 Å². The van der Waals surface area contributed by atoms with Gasteiger partial charge in [0.15, 0.2) is 0 Å². The number of carbonyl (C=O) groups excluding carboxylic acids is 1. The fourth-order valence-corrected chi connectivity index (χ4v) is 3.20. The van der Waals surface area contributed by atoms with Gasteiger partial charge in [-0.15, -0.1) is 0 Å². The Morgan fingerprint density at radius 2 is 2.05 bits per heavy atom. The zero-order valence-corrected chi connectivity index (χ0v) is 12.2. The topological polar surface area (TPSA) is 29.1 Å². The lowest BCUT2D eigenvalue weighted by Crippen LogP contribution is -2.34. The van der Waals surface area contributed by atoms with Gasteiger partial charge in [0.1, 0.15) is 12.0 Å². The second-order valence-electron chi connectivity index (χ2n) is 6.46. The molecule has 114 valence electrons. The summed E-state index contributed by atoms with van der Waals surface area (Å²) in [6.07, 6.45) is 2.52. The highest BCUT2D eigenvalue weighted by molar-refractivity contribution is 5.79. The van der Waals surface area contributed by atoms with E-state index >= 15 is 0 Å². The number of rotatable bonds is 4. The Kier molecular flexibility index (Phi) is 3.96. The van der Waals surface area contributed by atoms with E-state index in [1.165, 1.54) is 6.07 Å². The first-order valence-corrected chi connectivity index (χ1v) is 7.75. The molecule has 2 aliphatic rings. The molecule has 3 atom stereocenters. The maximum Gasteiger partial charge on any atom is 0.223 e. The van der Waals surface area contributed by atoms with Gasteiger partial charge >= 0.3 is 0 Å². The van der Waals surface area contributed by atoms with Gasteiger partial charge in [0.05, 0.1) is 6.04 Å². The fourth-order valence-electron chi connectivity index (χ4n) is 3.20. The van der Waals surface area contributed by atoms with Crippen LogP contribution in [0.1, 0.15) is 49.3 Å². The molecule has 1 aromatic rings. The molecule has 2 saturated carbocycles. The summed E-state index contributed by atoms with van der Waals surface area (Å²) >= 11 is 0. The number of hydrogen-bond donors (Lipinski definition) is 1. The van der Waals surface area contributed by atoms with E-state index in [9.17, 15) is 13.6 Å². The Labute approximate surface area is 123 Å². The van der Waals surface area contributed by atoms with E-state index in [4.69, 9.17) is 0 Å². The largest absolute Gasteiger partial charge is 0.349 e. The highest BCUT2D eigenvalue weighted by atomic mass is 19.1. The number of halogens is 2. The van der Waals surface area contributed by atoms with E-state index in [2.05, 4.69) is 5.32 Å². The van der Waals surface area contributed by atoms with Crippen LogP contribution in [0.25, 0.3) is 0 Å². The summed E-state index contributed by atoms with van der Waals surface area (Å²) in [5.41, 5.74) is 1.43. The molecule has 1 N–H and O–H groups in total. The van der Waals surface area contributed by atoms with Gasteiger partial charge in [-0.1, -0.05) is 12.1 Å². The van der Waals surface area contributed by atoms with E-state index in [-0.39, 0.29) is 23.7 Å². The quantitative estimate of drug-likeness (QED) is 0.898. The van der Waals surface area contributed by atoms with Crippen LogP contribution in [0.5, 0.6) is 0 Å². The number of carbonyl (C=O) groups is 1. The van der Waals surface area contributed by atoms with Crippen LogP contribution in [-0.4, -0.2) is 12.1 Å². The van der Waals surface area contributed by atoms with Crippen molar-refractivity contribution in [3.8, 4) is 0 Å². The molecular weight excluding hydrogens is 272 g/mol. The summed E-state index contributed by atoms with van der Waals surface area (Å²) in [7, 11) is 0. The van der Waals surface area contributed by atoms with Crippen LogP contribution in [0.4, 0.5) is 8.78 Å². The van der Waals surface area contributed by atoms with Gasteiger partial charge in [0.2, 0.25) is 5.91 Å². The van der Waals surface area contributed by atoms with Crippen molar-refractivity contribution in [1.82, 2.24) is 5.32 Å². The van der Waals surface area contributed by atoms with Crippen LogP contribution < -0.4 is 5.32 Å². The lowest BCUT2D eigenvalue weighted by Gasteiger charge is -2.21. The van der Waals surface area contributed by atoms with E-state index in [1.807, 2.05) is 13.0 Å².